The number of hydrogen-bond acceptors (Lipinski definition) is 4. The van der Waals surface area contributed by atoms with Gasteiger partial charge in [-0.1, -0.05) is 64.0 Å². The summed E-state index contributed by atoms with van der Waals surface area (Å²) in [5.41, 5.74) is -0.902. The molecular formula is C22H38O5. The van der Waals surface area contributed by atoms with Gasteiger partial charge in [-0.05, 0) is 26.2 Å². The number of Topliss-reactive ketones (excluding diaryl/α,β-unsaturated/α-hetero) is 1. The Balaban J connectivity index is 2.47. The lowest BCUT2D eigenvalue weighted by Gasteiger charge is -2.22. The molecule has 0 aromatic heterocycles. The van der Waals surface area contributed by atoms with Gasteiger partial charge in [0, 0.05) is 24.7 Å². The van der Waals surface area contributed by atoms with Crippen LogP contribution in [-0.4, -0.2) is 38.8 Å². The summed E-state index contributed by atoms with van der Waals surface area (Å²) in [6.45, 7) is 3.94. The average Bonchev–Trinajstić information content (AvgIpc) is 2.86. The minimum absolute atomic E-state index is 0.102. The zero-order valence-electron chi connectivity index (χ0n) is 17.0. The summed E-state index contributed by atoms with van der Waals surface area (Å²) >= 11 is 0. The van der Waals surface area contributed by atoms with Crippen molar-refractivity contribution in [3.63, 3.8) is 0 Å². The SMILES string of the molecule is CCCCCC[C@](C)(O)/C=C/[C@H]1[C@@H](O)CC(=O)[C@@H]1CCCCCCC(=O)O. The minimum Gasteiger partial charge on any atom is -0.481 e. The predicted molar refractivity (Wildman–Crippen MR) is 106 cm³/mol. The summed E-state index contributed by atoms with van der Waals surface area (Å²) in [6.07, 6.45) is 12.4. The molecule has 0 saturated heterocycles. The quantitative estimate of drug-likeness (QED) is 0.308. The van der Waals surface area contributed by atoms with Gasteiger partial charge in [0.15, 0.2) is 0 Å². The summed E-state index contributed by atoms with van der Waals surface area (Å²) in [5, 5.41) is 29.4. The van der Waals surface area contributed by atoms with Gasteiger partial charge in [-0.25, -0.2) is 0 Å². The van der Waals surface area contributed by atoms with Crippen molar-refractivity contribution in [3.05, 3.63) is 12.2 Å². The topological polar surface area (TPSA) is 94.8 Å². The fraction of sp³-hybridized carbons (Fsp3) is 0.818. The molecule has 0 heterocycles. The van der Waals surface area contributed by atoms with E-state index in [9.17, 15) is 19.8 Å². The highest BCUT2D eigenvalue weighted by Crippen LogP contribution is 2.35. The average molecular weight is 383 g/mol. The maximum Gasteiger partial charge on any atom is 0.303 e. The van der Waals surface area contributed by atoms with Gasteiger partial charge in [-0.3, -0.25) is 9.59 Å². The van der Waals surface area contributed by atoms with Gasteiger partial charge in [0.1, 0.15) is 5.78 Å². The van der Waals surface area contributed by atoms with Crippen LogP contribution in [0.2, 0.25) is 0 Å². The number of hydrogen-bond donors (Lipinski definition) is 3. The molecule has 0 spiro atoms. The number of ketones is 1. The molecule has 1 aliphatic carbocycles. The van der Waals surface area contributed by atoms with Crippen LogP contribution in [-0.2, 0) is 9.59 Å². The Labute approximate surface area is 163 Å². The maximum atomic E-state index is 12.2. The molecule has 156 valence electrons. The number of carboxylic acid groups (broad SMARTS) is 1. The van der Waals surface area contributed by atoms with Crippen LogP contribution >= 0.6 is 0 Å². The summed E-state index contributed by atoms with van der Waals surface area (Å²) in [6, 6.07) is 0. The lowest BCUT2D eigenvalue weighted by molar-refractivity contribution is -0.137. The van der Waals surface area contributed by atoms with E-state index in [0.29, 0.717) is 12.8 Å². The predicted octanol–water partition coefficient (Wildman–Crippen LogP) is 4.26. The number of aliphatic hydroxyl groups excluding tert-OH is 1. The van der Waals surface area contributed by atoms with Crippen LogP contribution < -0.4 is 0 Å². The molecule has 0 unspecified atom stereocenters. The van der Waals surface area contributed by atoms with Crippen molar-refractivity contribution in [1.29, 1.82) is 0 Å². The Morgan fingerprint density at radius 2 is 1.81 bits per heavy atom. The third-order valence-electron chi connectivity index (χ3n) is 5.60. The van der Waals surface area contributed by atoms with Crippen LogP contribution in [0, 0.1) is 11.8 Å². The lowest BCUT2D eigenvalue weighted by Crippen LogP contribution is -2.23. The Morgan fingerprint density at radius 3 is 2.48 bits per heavy atom. The fourth-order valence-corrected chi connectivity index (χ4v) is 3.90. The summed E-state index contributed by atoms with van der Waals surface area (Å²) < 4.78 is 0. The first kappa shape index (κ1) is 23.8. The Morgan fingerprint density at radius 1 is 1.15 bits per heavy atom. The van der Waals surface area contributed by atoms with Crippen molar-refractivity contribution >= 4 is 11.8 Å². The molecule has 0 bridgehead atoms. The molecular weight excluding hydrogens is 344 g/mol. The molecule has 0 amide bonds. The zero-order valence-corrected chi connectivity index (χ0v) is 17.0. The third kappa shape index (κ3) is 9.52. The molecule has 27 heavy (non-hydrogen) atoms. The fourth-order valence-electron chi connectivity index (χ4n) is 3.90. The molecule has 0 aliphatic heterocycles. The molecule has 5 heteroatoms. The molecule has 4 atom stereocenters. The number of carbonyl (C=O) groups is 2. The number of rotatable bonds is 14. The molecule has 1 rings (SSSR count). The van der Waals surface area contributed by atoms with Crippen molar-refractivity contribution in [3.8, 4) is 0 Å². The standard InChI is InChI=1S/C22H38O5/c1-3-4-5-10-14-22(2,27)15-13-18-17(19(23)16-20(18)24)11-8-6-7-9-12-21(25)26/h13,15,17-18,20,24,27H,3-12,14,16H2,1-2H3,(H,25,26)/b15-13+/t17-,18-,20+,22+/m1/s1. The normalized spacial score (nSPS) is 25.2. The van der Waals surface area contributed by atoms with Crippen LogP contribution in [0.15, 0.2) is 12.2 Å². The molecule has 1 aliphatic rings. The second kappa shape index (κ2) is 12.3. The van der Waals surface area contributed by atoms with Gasteiger partial charge in [0.25, 0.3) is 0 Å². The number of carbonyl (C=O) groups excluding carboxylic acids is 1. The zero-order chi connectivity index (χ0) is 20.3. The van der Waals surface area contributed by atoms with Gasteiger partial charge in [-0.15, -0.1) is 0 Å². The molecule has 0 aromatic rings. The van der Waals surface area contributed by atoms with E-state index < -0.39 is 17.7 Å². The van der Waals surface area contributed by atoms with E-state index in [2.05, 4.69) is 6.92 Å². The van der Waals surface area contributed by atoms with Crippen LogP contribution in [0.3, 0.4) is 0 Å². The Hall–Kier alpha value is -1.20. The van der Waals surface area contributed by atoms with Gasteiger partial charge in [-0.2, -0.15) is 0 Å². The number of unbranched alkanes of at least 4 members (excludes halogenated alkanes) is 6. The number of aliphatic carboxylic acids is 1. The number of carboxylic acids is 1. The van der Waals surface area contributed by atoms with E-state index in [1.54, 1.807) is 13.0 Å². The van der Waals surface area contributed by atoms with Gasteiger partial charge in [0.2, 0.25) is 0 Å². The Kier molecular flexibility index (Phi) is 10.9. The second-order valence-electron chi connectivity index (χ2n) is 8.30. The van der Waals surface area contributed by atoms with E-state index in [-0.39, 0.29) is 30.5 Å². The van der Waals surface area contributed by atoms with Crippen molar-refractivity contribution in [2.45, 2.75) is 103 Å². The van der Waals surface area contributed by atoms with Gasteiger partial charge < -0.3 is 15.3 Å². The van der Waals surface area contributed by atoms with Gasteiger partial charge in [0.05, 0.1) is 11.7 Å². The van der Waals surface area contributed by atoms with E-state index in [1.807, 2.05) is 6.08 Å². The highest BCUT2D eigenvalue weighted by Gasteiger charge is 2.39. The first-order chi connectivity index (χ1) is 12.8. The van der Waals surface area contributed by atoms with Gasteiger partial charge >= 0.3 is 5.97 Å². The molecule has 3 N–H and O–H groups in total. The molecule has 1 saturated carbocycles. The van der Waals surface area contributed by atoms with E-state index in [0.717, 1.165) is 44.9 Å². The first-order valence-corrected chi connectivity index (χ1v) is 10.6. The van der Waals surface area contributed by atoms with E-state index in [1.165, 1.54) is 6.42 Å². The molecule has 5 nitrogen and oxygen atoms in total. The lowest BCUT2D eigenvalue weighted by atomic mass is 9.87. The van der Waals surface area contributed by atoms with Crippen LogP contribution in [0.5, 0.6) is 0 Å². The van der Waals surface area contributed by atoms with E-state index >= 15 is 0 Å². The Bertz CT molecular complexity index is 483. The third-order valence-corrected chi connectivity index (χ3v) is 5.60. The highest BCUT2D eigenvalue weighted by atomic mass is 16.4. The smallest absolute Gasteiger partial charge is 0.303 e. The largest absolute Gasteiger partial charge is 0.481 e. The van der Waals surface area contributed by atoms with Crippen molar-refractivity contribution < 1.29 is 24.9 Å². The first-order valence-electron chi connectivity index (χ1n) is 10.6. The second-order valence-corrected chi connectivity index (χ2v) is 8.30. The van der Waals surface area contributed by atoms with Crippen molar-refractivity contribution in [2.75, 3.05) is 0 Å². The minimum atomic E-state index is -0.902. The van der Waals surface area contributed by atoms with Crippen LogP contribution in [0.1, 0.15) is 90.9 Å². The molecule has 0 aromatic carbocycles. The summed E-state index contributed by atoms with van der Waals surface area (Å²) in [4.78, 5) is 22.8. The number of aliphatic hydroxyl groups is 2. The van der Waals surface area contributed by atoms with Crippen molar-refractivity contribution in [2.24, 2.45) is 11.8 Å². The van der Waals surface area contributed by atoms with Crippen LogP contribution in [0.4, 0.5) is 0 Å². The maximum absolute atomic E-state index is 12.2. The molecule has 0 radical (unpaired) electrons. The molecule has 1 fully saturated rings. The summed E-state index contributed by atoms with van der Waals surface area (Å²) in [7, 11) is 0. The van der Waals surface area contributed by atoms with Crippen molar-refractivity contribution in [1.82, 2.24) is 0 Å². The summed E-state index contributed by atoms with van der Waals surface area (Å²) in [5.74, 6) is -1.08. The van der Waals surface area contributed by atoms with Crippen LogP contribution in [0.25, 0.3) is 0 Å². The van der Waals surface area contributed by atoms with E-state index in [4.69, 9.17) is 5.11 Å². The monoisotopic (exact) mass is 382 g/mol. The highest BCUT2D eigenvalue weighted by molar-refractivity contribution is 5.84.